The average molecular weight is 901 g/mol. The number of benzene rings is 4. The van der Waals surface area contributed by atoms with Crippen LogP contribution in [0.3, 0.4) is 0 Å². The van der Waals surface area contributed by atoms with Crippen LogP contribution in [0.5, 0.6) is 23.0 Å². The van der Waals surface area contributed by atoms with Crippen molar-refractivity contribution < 1.29 is 99.4 Å². The van der Waals surface area contributed by atoms with Crippen LogP contribution in [-0.2, 0) is 9.47 Å². The van der Waals surface area contributed by atoms with Crippen molar-refractivity contribution >= 4 is 61.2 Å². The number of fused-ring (bicyclic) bond motifs is 4. The van der Waals surface area contributed by atoms with E-state index in [0.29, 0.717) is 12.1 Å². The van der Waals surface area contributed by atoms with Crippen molar-refractivity contribution in [1.82, 2.24) is 0 Å². The maximum atomic E-state index is 14.6. The summed E-state index contributed by atoms with van der Waals surface area (Å²) in [7, 11) is 0. The summed E-state index contributed by atoms with van der Waals surface area (Å²) in [5, 5.41) is 131. The van der Waals surface area contributed by atoms with Gasteiger partial charge >= 0.3 is 49.7 Å². The molecule has 63 heavy (non-hydrogen) atoms. The van der Waals surface area contributed by atoms with Crippen molar-refractivity contribution in [2.24, 2.45) is 0 Å². The number of carboxylic acids is 2. The van der Waals surface area contributed by atoms with Gasteiger partial charge in [-0.25, -0.2) is 9.59 Å². The number of aliphatic hydroxyl groups is 8. The molecule has 2 aliphatic carbocycles. The van der Waals surface area contributed by atoms with Crippen molar-refractivity contribution in [1.29, 1.82) is 0 Å². The molecule has 4 aliphatic rings. The molecule has 21 heteroatoms. The predicted octanol–water partition coefficient (Wildman–Crippen LogP) is -2.74. The van der Waals surface area contributed by atoms with Crippen molar-refractivity contribution in [3.63, 3.8) is 0 Å². The van der Waals surface area contributed by atoms with Gasteiger partial charge in [-0.3, -0.25) is 9.59 Å². The minimum atomic E-state index is -1.96. The minimum absolute atomic E-state index is 0. The van der Waals surface area contributed by atoms with Gasteiger partial charge in [-0.1, -0.05) is 47.9 Å². The van der Waals surface area contributed by atoms with E-state index in [-0.39, 0.29) is 82.6 Å². The topological polar surface area (TPSA) is 354 Å². The van der Waals surface area contributed by atoms with E-state index in [2.05, 4.69) is 0 Å². The maximum absolute atomic E-state index is 14.6. The SMILES string of the molecule is O=C(O)c1cc([O-])c2c(c1)[C@@H]([C@H]1c3cc(C(=O)O)cc([O-])c3C(=O)c3c(O[C@H]4O[C@H](CO)[C@@H](O)[C@H](O)[C@H]4O)cccc31)c1cccc(O[C@@H]3O[C@H](CO)[C@@H](O)[C@H](O)[C@H]3O)c1C2=O.[Ca+2]. The van der Waals surface area contributed by atoms with Crippen LogP contribution in [0.2, 0.25) is 0 Å². The molecule has 326 valence electrons. The molecule has 0 radical (unpaired) electrons. The summed E-state index contributed by atoms with van der Waals surface area (Å²) in [6.45, 7) is -1.67. The molecule has 0 amide bonds. The molecule has 12 atom stereocenters. The van der Waals surface area contributed by atoms with E-state index in [9.17, 15) is 80.5 Å². The normalized spacial score (nSPS) is 29.6. The summed E-state index contributed by atoms with van der Waals surface area (Å²) in [4.78, 5) is 54.1. The van der Waals surface area contributed by atoms with Gasteiger partial charge in [0.1, 0.15) is 60.3 Å². The average Bonchev–Trinajstić information content (AvgIpc) is 3.24. The molecule has 0 bridgehead atoms. The van der Waals surface area contributed by atoms with Crippen molar-refractivity contribution in [2.45, 2.75) is 73.2 Å². The third-order valence-corrected chi connectivity index (χ3v) is 11.6. The Morgan fingerprint density at radius 2 is 0.905 bits per heavy atom. The molecule has 2 saturated heterocycles. The second-order valence-electron chi connectivity index (χ2n) is 15.2. The molecule has 0 saturated carbocycles. The van der Waals surface area contributed by atoms with Gasteiger partial charge in [0.25, 0.3) is 0 Å². The molecular formula is C42H36CaO20. The van der Waals surface area contributed by atoms with Gasteiger partial charge in [-0.15, -0.1) is 0 Å². The number of rotatable bonds is 9. The fraction of sp³-hybridized carbons (Fsp3) is 0.333. The monoisotopic (exact) mass is 900 g/mol. The Balaban J connectivity index is 0.00000595. The number of hydrogen-bond donors (Lipinski definition) is 10. The Hall–Kier alpha value is -4.78. The number of carboxylic acid groups (broad SMARTS) is 2. The number of aliphatic hydroxyl groups excluding tert-OH is 8. The van der Waals surface area contributed by atoms with E-state index < -0.39 is 144 Å². The Morgan fingerprint density at radius 1 is 0.540 bits per heavy atom. The maximum Gasteiger partial charge on any atom is 2.00 e. The number of hydrogen-bond acceptors (Lipinski definition) is 18. The third kappa shape index (κ3) is 7.63. The van der Waals surface area contributed by atoms with Gasteiger partial charge < -0.3 is 80.2 Å². The van der Waals surface area contributed by atoms with Crippen molar-refractivity contribution in [3.05, 3.63) is 116 Å². The molecule has 4 aromatic rings. The fourth-order valence-corrected chi connectivity index (χ4v) is 8.68. The van der Waals surface area contributed by atoms with Gasteiger partial charge in [-0.2, -0.15) is 0 Å². The van der Waals surface area contributed by atoms with Crippen LogP contribution in [0, 0.1) is 0 Å². The van der Waals surface area contributed by atoms with E-state index in [1.165, 1.54) is 36.4 Å². The van der Waals surface area contributed by atoms with E-state index in [1.807, 2.05) is 0 Å². The van der Waals surface area contributed by atoms with Crippen molar-refractivity contribution in [3.8, 4) is 23.0 Å². The zero-order chi connectivity index (χ0) is 44.6. The summed E-state index contributed by atoms with van der Waals surface area (Å²) >= 11 is 0. The standard InChI is InChI=1S/C42H38O20.Ca/c43-11-23-31(47)35(51)37(53)41(61-23)59-21-5-1-3-15-25(17-7-13(39(55)56)9-19(45)27(17)33(49)29(15)21)26-16-4-2-6-22(60-42-38(54)36(52)32(48)24(12-44)62-42)30(16)34(50)28-18(26)8-14(40(57)58)10-20(28)46;/h1-10,23-26,31-32,35-38,41-48,51-54H,11-12H2,(H,55,56)(H,57,58);/q;+2/p-2/t23-,24-,25-,26+,31-,32-,35+,36+,37-,38-,41+,42-;/m1./s1. The smallest absolute Gasteiger partial charge is 0.872 e. The molecule has 4 aromatic carbocycles. The Labute approximate surface area is 384 Å². The van der Waals surface area contributed by atoms with Crippen LogP contribution >= 0.6 is 0 Å². The van der Waals surface area contributed by atoms with Crippen LogP contribution in [0.1, 0.15) is 86.6 Å². The molecule has 2 heterocycles. The van der Waals surface area contributed by atoms with Gasteiger partial charge in [0.2, 0.25) is 12.6 Å². The number of ether oxygens (including phenoxy) is 4. The van der Waals surface area contributed by atoms with E-state index in [1.54, 1.807) is 0 Å². The molecule has 20 nitrogen and oxygen atoms in total. The first-order valence-corrected chi connectivity index (χ1v) is 18.9. The number of ketones is 2. The molecule has 8 rings (SSSR count). The van der Waals surface area contributed by atoms with Crippen LogP contribution < -0.4 is 19.7 Å². The first kappa shape index (κ1) is 46.2. The van der Waals surface area contributed by atoms with Gasteiger partial charge in [-0.05, 0) is 46.5 Å². The molecule has 2 fully saturated rings. The second-order valence-corrected chi connectivity index (χ2v) is 15.2. The molecule has 0 spiro atoms. The van der Waals surface area contributed by atoms with Crippen LogP contribution in [0.15, 0.2) is 60.7 Å². The zero-order valence-corrected chi connectivity index (χ0v) is 34.6. The van der Waals surface area contributed by atoms with Gasteiger partial charge in [0, 0.05) is 23.0 Å². The van der Waals surface area contributed by atoms with Crippen molar-refractivity contribution in [2.75, 3.05) is 13.2 Å². The van der Waals surface area contributed by atoms with E-state index in [4.69, 9.17) is 18.9 Å². The Morgan fingerprint density at radius 3 is 1.24 bits per heavy atom. The molecule has 0 unspecified atom stereocenters. The number of carbonyl (C=O) groups is 4. The zero-order valence-electron chi connectivity index (χ0n) is 32.4. The summed E-state index contributed by atoms with van der Waals surface area (Å²) in [6, 6.07) is 11.4. The van der Waals surface area contributed by atoms with Crippen LogP contribution in [0.25, 0.3) is 0 Å². The molecule has 10 N–H and O–H groups in total. The van der Waals surface area contributed by atoms with Gasteiger partial charge in [0.15, 0.2) is 11.6 Å². The summed E-state index contributed by atoms with van der Waals surface area (Å²) in [5.74, 6) is -11.1. The number of carbonyl (C=O) groups excluding carboxylic acids is 2. The van der Waals surface area contributed by atoms with Crippen LogP contribution in [0.4, 0.5) is 0 Å². The third-order valence-electron chi connectivity index (χ3n) is 11.6. The molecule has 0 aromatic heterocycles. The summed E-state index contributed by atoms with van der Waals surface area (Å²) in [6.07, 6.45) is -17.9. The van der Waals surface area contributed by atoms with E-state index >= 15 is 0 Å². The predicted molar refractivity (Wildman–Crippen MR) is 204 cm³/mol. The second kappa shape index (κ2) is 17.7. The summed E-state index contributed by atoms with van der Waals surface area (Å²) in [5.41, 5.74) is -3.65. The van der Waals surface area contributed by atoms with E-state index in [0.717, 1.165) is 12.1 Å². The minimum Gasteiger partial charge on any atom is -0.872 e. The molecule has 2 aliphatic heterocycles. The first-order valence-electron chi connectivity index (χ1n) is 18.9. The summed E-state index contributed by atoms with van der Waals surface area (Å²) < 4.78 is 22.9. The fourth-order valence-electron chi connectivity index (χ4n) is 8.68. The number of aromatic carboxylic acids is 2. The Kier molecular flexibility index (Phi) is 13.0. The quantitative estimate of drug-likeness (QED) is 0.0762. The molecular weight excluding hydrogens is 865 g/mol. The first-order chi connectivity index (χ1) is 29.5. The van der Waals surface area contributed by atoms with Gasteiger partial charge in [0.05, 0.1) is 35.5 Å². The largest absolute Gasteiger partial charge is 2.00 e. The Bertz CT molecular complexity index is 2330. The van der Waals surface area contributed by atoms with Crippen LogP contribution in [-0.4, -0.2) is 187 Å².